The van der Waals surface area contributed by atoms with Crippen molar-refractivity contribution in [3.05, 3.63) is 60.0 Å². The Morgan fingerprint density at radius 2 is 1.78 bits per heavy atom. The third-order valence-corrected chi connectivity index (χ3v) is 7.22. The van der Waals surface area contributed by atoms with Gasteiger partial charge in [-0.15, -0.1) is 10.2 Å². The van der Waals surface area contributed by atoms with Crippen LogP contribution in [0.15, 0.2) is 57.8 Å². The smallest absolute Gasteiger partial charge is 0.309 e. The zero-order chi connectivity index (χ0) is 22.6. The molecule has 1 aromatic heterocycles. The maximum atomic E-state index is 12.8. The van der Waals surface area contributed by atoms with Crippen molar-refractivity contribution in [2.24, 2.45) is 0 Å². The summed E-state index contributed by atoms with van der Waals surface area (Å²) in [5.74, 6) is 0.104. The van der Waals surface area contributed by atoms with Crippen LogP contribution in [-0.4, -0.2) is 49.0 Å². The van der Waals surface area contributed by atoms with E-state index in [-0.39, 0.29) is 23.2 Å². The largest absolute Gasteiger partial charge is 0.496 e. The van der Waals surface area contributed by atoms with Crippen LogP contribution in [0.25, 0.3) is 11.5 Å². The monoisotopic (exact) mass is 456 g/mol. The van der Waals surface area contributed by atoms with Gasteiger partial charge in [-0.25, -0.2) is 8.42 Å². The molecule has 9 nitrogen and oxygen atoms in total. The second-order valence-corrected chi connectivity index (χ2v) is 9.33. The number of nitrogens with zero attached hydrogens (tertiary/aromatic N) is 3. The molecule has 10 heteroatoms. The Morgan fingerprint density at radius 3 is 2.50 bits per heavy atom. The Labute approximate surface area is 186 Å². The van der Waals surface area contributed by atoms with E-state index < -0.39 is 15.9 Å². The molecular weight excluding hydrogens is 432 g/mol. The summed E-state index contributed by atoms with van der Waals surface area (Å²) in [6, 6.07) is 13.6. The lowest BCUT2D eigenvalue weighted by atomic mass is 10.2. The van der Waals surface area contributed by atoms with Crippen molar-refractivity contribution in [1.29, 1.82) is 0 Å². The lowest BCUT2D eigenvalue weighted by Crippen LogP contribution is -2.35. The fourth-order valence-electron chi connectivity index (χ4n) is 3.56. The topological polar surface area (TPSA) is 115 Å². The summed E-state index contributed by atoms with van der Waals surface area (Å²) in [5, 5.41) is 10.4. The van der Waals surface area contributed by atoms with Gasteiger partial charge in [0.15, 0.2) is 0 Å². The number of methoxy groups -OCH3 is 1. The van der Waals surface area contributed by atoms with Gasteiger partial charge < -0.3 is 14.5 Å². The van der Waals surface area contributed by atoms with Gasteiger partial charge in [0, 0.05) is 30.8 Å². The predicted octanol–water partition coefficient (Wildman–Crippen LogP) is 2.85. The Bertz CT molecular complexity index is 1190. The van der Waals surface area contributed by atoms with Crippen molar-refractivity contribution in [2.75, 3.05) is 20.2 Å². The molecule has 0 spiro atoms. The summed E-state index contributed by atoms with van der Waals surface area (Å²) in [4.78, 5) is 12.6. The molecule has 168 valence electrons. The molecule has 0 aliphatic carbocycles. The molecule has 1 fully saturated rings. The number of rotatable bonds is 7. The highest BCUT2D eigenvalue weighted by molar-refractivity contribution is 7.89. The zero-order valence-electron chi connectivity index (χ0n) is 17.7. The third kappa shape index (κ3) is 4.66. The maximum absolute atomic E-state index is 12.8. The van der Waals surface area contributed by atoms with Crippen molar-refractivity contribution >= 4 is 15.9 Å². The number of hydrogen-bond acceptors (Lipinski definition) is 7. The summed E-state index contributed by atoms with van der Waals surface area (Å²) >= 11 is 0. The van der Waals surface area contributed by atoms with Gasteiger partial charge in [0.25, 0.3) is 0 Å². The molecule has 2 aromatic carbocycles. The molecule has 32 heavy (non-hydrogen) atoms. The Kier molecular flexibility index (Phi) is 6.52. The summed E-state index contributed by atoms with van der Waals surface area (Å²) in [6.07, 6.45) is 2.80. The number of sulfonamides is 1. The first-order valence-electron chi connectivity index (χ1n) is 10.3. The molecule has 0 unspecified atom stereocenters. The van der Waals surface area contributed by atoms with Crippen molar-refractivity contribution in [3.63, 3.8) is 0 Å². The highest BCUT2D eigenvalue weighted by atomic mass is 32.2. The molecule has 0 bridgehead atoms. The van der Waals surface area contributed by atoms with Gasteiger partial charge in [0.2, 0.25) is 15.9 Å². The van der Waals surface area contributed by atoms with E-state index in [2.05, 4.69) is 15.5 Å². The van der Waals surface area contributed by atoms with Crippen LogP contribution >= 0.6 is 0 Å². The minimum absolute atomic E-state index is 0.134. The van der Waals surface area contributed by atoms with E-state index in [9.17, 15) is 13.2 Å². The molecule has 3 aromatic rings. The molecule has 1 N–H and O–H groups in total. The molecule has 1 aliphatic rings. The quantitative estimate of drug-likeness (QED) is 0.581. The normalized spacial score (nSPS) is 14.8. The van der Waals surface area contributed by atoms with Crippen LogP contribution < -0.4 is 10.1 Å². The first-order valence-corrected chi connectivity index (χ1v) is 11.8. The average molecular weight is 457 g/mol. The molecule has 2 heterocycles. The number of aromatic nitrogens is 2. The lowest BCUT2D eigenvalue weighted by Gasteiger charge is -2.25. The molecule has 0 radical (unpaired) electrons. The van der Waals surface area contributed by atoms with E-state index in [4.69, 9.17) is 9.15 Å². The number of carbonyl (C=O) groups is 1. The van der Waals surface area contributed by atoms with E-state index in [1.54, 1.807) is 25.3 Å². The van der Waals surface area contributed by atoms with E-state index in [0.29, 0.717) is 24.4 Å². The van der Waals surface area contributed by atoms with Crippen LogP contribution in [0.5, 0.6) is 5.75 Å². The molecule has 1 amide bonds. The molecular formula is C22H24N4O5S. The van der Waals surface area contributed by atoms with Gasteiger partial charge in [-0.2, -0.15) is 4.31 Å². The number of ether oxygens (including phenoxy) is 1. The number of nitrogens with one attached hydrogen (secondary N) is 1. The first kappa shape index (κ1) is 22.0. The lowest BCUT2D eigenvalue weighted by molar-refractivity contribution is 0.0916. The van der Waals surface area contributed by atoms with Gasteiger partial charge in [-0.05, 0) is 43.2 Å². The summed E-state index contributed by atoms with van der Waals surface area (Å²) in [6.45, 7) is 1.33. The minimum Gasteiger partial charge on any atom is -0.496 e. The third-order valence-electron chi connectivity index (χ3n) is 5.31. The number of amides is 1. The van der Waals surface area contributed by atoms with Crippen molar-refractivity contribution < 1.29 is 22.4 Å². The Balaban J connectivity index is 1.43. The number of hydrogen-bond donors (Lipinski definition) is 1. The van der Waals surface area contributed by atoms with Gasteiger partial charge in [0.05, 0.1) is 12.0 Å². The van der Waals surface area contributed by atoms with Crippen molar-refractivity contribution in [3.8, 4) is 17.2 Å². The highest BCUT2D eigenvalue weighted by Gasteiger charge is 2.26. The van der Waals surface area contributed by atoms with E-state index in [0.717, 1.165) is 24.8 Å². The van der Waals surface area contributed by atoms with E-state index >= 15 is 0 Å². The van der Waals surface area contributed by atoms with Gasteiger partial charge in [-0.1, -0.05) is 24.6 Å². The second kappa shape index (κ2) is 9.49. The highest BCUT2D eigenvalue weighted by Crippen LogP contribution is 2.24. The summed E-state index contributed by atoms with van der Waals surface area (Å²) < 4.78 is 37.8. The van der Waals surface area contributed by atoms with Crippen LogP contribution in [0.3, 0.4) is 0 Å². The SMILES string of the molecule is COc1ccccc1CNC(=O)c1nnc(-c2ccc(S(=O)(=O)N3CCCCC3)cc2)o1. The Hall–Kier alpha value is -3.24. The van der Waals surface area contributed by atoms with E-state index in [1.165, 1.54) is 16.4 Å². The van der Waals surface area contributed by atoms with Crippen LogP contribution in [0.1, 0.15) is 35.5 Å². The predicted molar refractivity (Wildman–Crippen MR) is 117 cm³/mol. The van der Waals surface area contributed by atoms with Crippen LogP contribution in [0.2, 0.25) is 0 Å². The van der Waals surface area contributed by atoms with Gasteiger partial charge in [-0.3, -0.25) is 4.79 Å². The standard InChI is InChI=1S/C22H24N4O5S/c1-30-19-8-4-3-7-17(19)15-23-20(27)22-25-24-21(31-22)16-9-11-18(12-10-16)32(28,29)26-13-5-2-6-14-26/h3-4,7-12H,2,5-6,13-15H2,1H3,(H,23,27). The molecule has 1 aliphatic heterocycles. The Morgan fingerprint density at radius 1 is 1.06 bits per heavy atom. The fraction of sp³-hybridized carbons (Fsp3) is 0.318. The number of carbonyl (C=O) groups excluding carboxylic acids is 1. The number of para-hydroxylation sites is 1. The first-order chi connectivity index (χ1) is 15.5. The average Bonchev–Trinajstić information content (AvgIpc) is 3.34. The van der Waals surface area contributed by atoms with E-state index in [1.807, 2.05) is 18.2 Å². The maximum Gasteiger partial charge on any atom is 0.309 e. The number of benzene rings is 2. The van der Waals surface area contributed by atoms with Gasteiger partial charge in [0.1, 0.15) is 5.75 Å². The fourth-order valence-corrected chi connectivity index (χ4v) is 5.07. The van der Waals surface area contributed by atoms with Crippen LogP contribution in [0.4, 0.5) is 0 Å². The van der Waals surface area contributed by atoms with Crippen molar-refractivity contribution in [1.82, 2.24) is 19.8 Å². The van der Waals surface area contributed by atoms with Crippen LogP contribution in [-0.2, 0) is 16.6 Å². The zero-order valence-corrected chi connectivity index (χ0v) is 18.5. The summed E-state index contributed by atoms with van der Waals surface area (Å²) in [5.41, 5.74) is 1.34. The van der Waals surface area contributed by atoms with Gasteiger partial charge >= 0.3 is 11.8 Å². The molecule has 4 rings (SSSR count). The second-order valence-electron chi connectivity index (χ2n) is 7.40. The molecule has 0 saturated carbocycles. The molecule has 0 atom stereocenters. The van der Waals surface area contributed by atoms with Crippen LogP contribution in [0, 0.1) is 0 Å². The number of piperidine rings is 1. The molecule has 1 saturated heterocycles. The minimum atomic E-state index is -3.52. The van der Waals surface area contributed by atoms with Crippen molar-refractivity contribution in [2.45, 2.75) is 30.7 Å². The summed E-state index contributed by atoms with van der Waals surface area (Å²) in [7, 11) is -1.95.